The van der Waals surface area contributed by atoms with Crippen molar-refractivity contribution >= 4 is 33.8 Å². The summed E-state index contributed by atoms with van der Waals surface area (Å²) >= 11 is 7.44. The van der Waals surface area contributed by atoms with Gasteiger partial charge in [-0.15, -0.1) is 10.2 Å². The average Bonchev–Trinajstić information content (AvgIpc) is 3.15. The van der Waals surface area contributed by atoms with Crippen LogP contribution in [-0.4, -0.2) is 43.7 Å². The summed E-state index contributed by atoms with van der Waals surface area (Å²) in [5.74, 6) is 0.850. The van der Waals surface area contributed by atoms with Gasteiger partial charge < -0.3 is 4.90 Å². The summed E-state index contributed by atoms with van der Waals surface area (Å²) < 4.78 is 1.54. The molecule has 8 heteroatoms. The van der Waals surface area contributed by atoms with Gasteiger partial charge >= 0.3 is 0 Å². The minimum Gasteiger partial charge on any atom is -0.336 e. The van der Waals surface area contributed by atoms with Gasteiger partial charge in [0.25, 0.3) is 5.91 Å². The molecular formula is C16H16ClN5OS. The summed E-state index contributed by atoms with van der Waals surface area (Å²) in [7, 11) is 0. The molecule has 24 heavy (non-hydrogen) atoms. The predicted octanol–water partition coefficient (Wildman–Crippen LogP) is 3.38. The molecule has 0 atom stereocenters. The highest BCUT2D eigenvalue weighted by Gasteiger charge is 2.26. The van der Waals surface area contributed by atoms with E-state index < -0.39 is 0 Å². The van der Waals surface area contributed by atoms with E-state index in [0.29, 0.717) is 15.9 Å². The van der Waals surface area contributed by atoms with Crippen molar-refractivity contribution in [1.82, 2.24) is 24.7 Å². The summed E-state index contributed by atoms with van der Waals surface area (Å²) in [6.45, 7) is 3.75. The highest BCUT2D eigenvalue weighted by atomic mass is 35.5. The van der Waals surface area contributed by atoms with Gasteiger partial charge in [-0.25, -0.2) is 0 Å². The minimum absolute atomic E-state index is 0.0997. The number of hydrogen-bond acceptors (Lipinski definition) is 5. The van der Waals surface area contributed by atoms with E-state index in [-0.39, 0.29) is 11.7 Å². The Morgan fingerprint density at radius 1 is 1.29 bits per heavy atom. The fourth-order valence-corrected chi connectivity index (χ4v) is 3.87. The number of hydrogen-bond donors (Lipinski definition) is 0. The van der Waals surface area contributed by atoms with Gasteiger partial charge in [-0.05, 0) is 30.9 Å². The molecule has 0 N–H and O–H groups in total. The van der Waals surface area contributed by atoms with Crippen molar-refractivity contribution in [1.29, 1.82) is 0 Å². The third-order valence-corrected chi connectivity index (χ3v) is 5.51. The van der Waals surface area contributed by atoms with E-state index in [1.54, 1.807) is 4.52 Å². The molecule has 0 spiro atoms. The lowest BCUT2D eigenvalue weighted by Gasteiger charge is -2.29. The van der Waals surface area contributed by atoms with Crippen molar-refractivity contribution in [3.8, 4) is 10.6 Å². The number of fused-ring (bicyclic) bond motifs is 1. The van der Waals surface area contributed by atoms with Crippen molar-refractivity contribution in [2.24, 2.45) is 5.92 Å². The normalized spacial score (nSPS) is 16.0. The molecule has 0 saturated carbocycles. The first-order valence-electron chi connectivity index (χ1n) is 7.89. The quantitative estimate of drug-likeness (QED) is 0.702. The maximum Gasteiger partial charge on any atom is 0.293 e. The van der Waals surface area contributed by atoms with Crippen LogP contribution in [0.1, 0.15) is 30.4 Å². The molecule has 1 saturated heterocycles. The molecule has 1 aliphatic rings. The molecule has 1 aliphatic heterocycles. The smallest absolute Gasteiger partial charge is 0.293 e. The van der Waals surface area contributed by atoms with E-state index in [9.17, 15) is 4.79 Å². The fourth-order valence-electron chi connectivity index (χ4n) is 2.84. The van der Waals surface area contributed by atoms with Crippen LogP contribution in [0.15, 0.2) is 24.3 Å². The van der Waals surface area contributed by atoms with Crippen LogP contribution in [0.5, 0.6) is 0 Å². The molecule has 0 radical (unpaired) electrons. The first-order chi connectivity index (χ1) is 11.6. The Hall–Kier alpha value is -1.99. The largest absolute Gasteiger partial charge is 0.336 e. The maximum atomic E-state index is 12.7. The van der Waals surface area contributed by atoms with Crippen LogP contribution in [0.25, 0.3) is 15.5 Å². The Morgan fingerprint density at radius 3 is 2.83 bits per heavy atom. The van der Waals surface area contributed by atoms with Crippen molar-refractivity contribution in [2.75, 3.05) is 13.1 Å². The van der Waals surface area contributed by atoms with E-state index in [4.69, 9.17) is 11.6 Å². The molecule has 1 amide bonds. The summed E-state index contributed by atoms with van der Waals surface area (Å²) in [5.41, 5.74) is 0.906. The molecule has 3 heterocycles. The van der Waals surface area contributed by atoms with Gasteiger partial charge in [0, 0.05) is 23.7 Å². The van der Waals surface area contributed by atoms with Crippen LogP contribution in [0.4, 0.5) is 0 Å². The lowest BCUT2D eigenvalue weighted by atomic mass is 9.99. The van der Waals surface area contributed by atoms with Crippen LogP contribution in [0, 0.1) is 5.92 Å². The molecule has 0 bridgehead atoms. The standard InChI is InChI=1S/C16H16ClN5OS/c1-10-5-7-21(8-6-10)15(23)13-18-19-16-22(13)20-14(24-16)11-3-2-4-12(17)9-11/h2-4,9-10H,5-8H2,1H3. The zero-order valence-electron chi connectivity index (χ0n) is 13.1. The van der Waals surface area contributed by atoms with Crippen molar-refractivity contribution in [3.05, 3.63) is 35.1 Å². The number of benzene rings is 1. The number of carbonyl (C=O) groups excluding carboxylic acids is 1. The molecule has 0 aliphatic carbocycles. The molecule has 6 nitrogen and oxygen atoms in total. The van der Waals surface area contributed by atoms with Gasteiger partial charge in [0.05, 0.1) is 0 Å². The third kappa shape index (κ3) is 2.78. The van der Waals surface area contributed by atoms with E-state index in [1.807, 2.05) is 29.2 Å². The van der Waals surface area contributed by atoms with Gasteiger partial charge in [-0.2, -0.15) is 9.61 Å². The minimum atomic E-state index is -0.0997. The summed E-state index contributed by atoms with van der Waals surface area (Å²) in [6, 6.07) is 7.48. The lowest BCUT2D eigenvalue weighted by molar-refractivity contribution is 0.0682. The van der Waals surface area contributed by atoms with E-state index in [0.717, 1.165) is 36.5 Å². The second-order valence-electron chi connectivity index (χ2n) is 6.11. The summed E-state index contributed by atoms with van der Waals surface area (Å²) in [5, 5.41) is 14.1. The monoisotopic (exact) mass is 361 g/mol. The van der Waals surface area contributed by atoms with Crippen LogP contribution in [-0.2, 0) is 0 Å². The second-order valence-corrected chi connectivity index (χ2v) is 7.50. The first kappa shape index (κ1) is 15.5. The van der Waals surface area contributed by atoms with E-state index >= 15 is 0 Å². The second kappa shape index (κ2) is 6.14. The van der Waals surface area contributed by atoms with Gasteiger partial charge in [-0.1, -0.05) is 42.0 Å². The highest BCUT2D eigenvalue weighted by Crippen LogP contribution is 2.27. The number of aromatic nitrogens is 4. The topological polar surface area (TPSA) is 63.4 Å². The number of piperidine rings is 1. The van der Waals surface area contributed by atoms with Gasteiger partial charge in [0.15, 0.2) is 0 Å². The zero-order valence-corrected chi connectivity index (χ0v) is 14.7. The predicted molar refractivity (Wildman–Crippen MR) is 93.4 cm³/mol. The van der Waals surface area contributed by atoms with Crippen LogP contribution in [0.3, 0.4) is 0 Å². The van der Waals surface area contributed by atoms with Gasteiger partial charge in [0.1, 0.15) is 5.01 Å². The Kier molecular flexibility index (Phi) is 3.97. The molecule has 1 fully saturated rings. The number of carbonyl (C=O) groups is 1. The highest BCUT2D eigenvalue weighted by molar-refractivity contribution is 7.19. The Labute approximate surface area is 148 Å². The van der Waals surface area contributed by atoms with Crippen LogP contribution in [0.2, 0.25) is 5.02 Å². The summed E-state index contributed by atoms with van der Waals surface area (Å²) in [4.78, 5) is 15.2. The van der Waals surface area contributed by atoms with Crippen molar-refractivity contribution in [3.63, 3.8) is 0 Å². The molecule has 124 valence electrons. The van der Waals surface area contributed by atoms with Gasteiger partial charge in [-0.3, -0.25) is 4.79 Å². The number of halogens is 1. The number of rotatable bonds is 2. The average molecular weight is 362 g/mol. The van der Waals surface area contributed by atoms with E-state index in [2.05, 4.69) is 22.2 Å². The zero-order chi connectivity index (χ0) is 16.7. The Morgan fingerprint density at radius 2 is 2.08 bits per heavy atom. The van der Waals surface area contributed by atoms with Crippen LogP contribution >= 0.6 is 22.9 Å². The Balaban J connectivity index is 1.66. The van der Waals surface area contributed by atoms with Gasteiger partial charge in [0.2, 0.25) is 10.8 Å². The Bertz CT molecular complexity index is 897. The molecule has 3 aromatic rings. The van der Waals surface area contributed by atoms with Crippen LogP contribution < -0.4 is 0 Å². The first-order valence-corrected chi connectivity index (χ1v) is 9.09. The molecule has 0 unspecified atom stereocenters. The SMILES string of the molecule is CC1CCN(C(=O)c2nnc3sc(-c4cccc(Cl)c4)nn23)CC1. The molecule has 4 rings (SSSR count). The molecule has 1 aromatic carbocycles. The van der Waals surface area contributed by atoms with Crippen molar-refractivity contribution < 1.29 is 4.79 Å². The maximum absolute atomic E-state index is 12.7. The number of amides is 1. The molecule has 2 aromatic heterocycles. The number of nitrogens with zero attached hydrogens (tertiary/aromatic N) is 5. The third-order valence-electron chi connectivity index (χ3n) is 4.32. The van der Waals surface area contributed by atoms with Crippen molar-refractivity contribution in [2.45, 2.75) is 19.8 Å². The van der Waals surface area contributed by atoms with E-state index in [1.165, 1.54) is 11.3 Å². The fraction of sp³-hybridized carbons (Fsp3) is 0.375. The number of likely N-dealkylation sites (tertiary alicyclic amines) is 1. The molecular weight excluding hydrogens is 346 g/mol. The summed E-state index contributed by atoms with van der Waals surface area (Å²) in [6.07, 6.45) is 2.05. The lowest BCUT2D eigenvalue weighted by Crippen LogP contribution is -2.38.